The van der Waals surface area contributed by atoms with Gasteiger partial charge in [0.15, 0.2) is 0 Å². The minimum absolute atomic E-state index is 0.0734. The van der Waals surface area contributed by atoms with Crippen LogP contribution in [0.5, 0.6) is 0 Å². The summed E-state index contributed by atoms with van der Waals surface area (Å²) in [6, 6.07) is 0. The fourth-order valence-corrected chi connectivity index (χ4v) is 1.86. The molecule has 6 heteroatoms. The molecule has 1 aliphatic rings. The molecule has 1 rings (SSSR count). The van der Waals surface area contributed by atoms with Crippen LogP contribution in [0.25, 0.3) is 0 Å². The molecule has 1 fully saturated rings. The van der Waals surface area contributed by atoms with E-state index in [2.05, 4.69) is 0 Å². The Morgan fingerprint density at radius 3 is 2.47 bits per heavy atom. The van der Waals surface area contributed by atoms with E-state index in [0.29, 0.717) is 6.54 Å². The maximum Gasteiger partial charge on any atom is 0.390 e. The van der Waals surface area contributed by atoms with Crippen molar-refractivity contribution < 1.29 is 23.1 Å². The minimum atomic E-state index is -4.16. The average molecular weight is 225 g/mol. The smallest absolute Gasteiger partial charge is 0.390 e. The summed E-state index contributed by atoms with van der Waals surface area (Å²) in [5, 5.41) is 8.78. The summed E-state index contributed by atoms with van der Waals surface area (Å²) in [6.07, 6.45) is -5.03. The third kappa shape index (κ3) is 3.70. The van der Waals surface area contributed by atoms with Gasteiger partial charge in [-0.2, -0.15) is 13.2 Å². The first-order valence-corrected chi connectivity index (χ1v) is 4.81. The van der Waals surface area contributed by atoms with Gasteiger partial charge in [-0.15, -0.1) is 0 Å². The van der Waals surface area contributed by atoms with Crippen molar-refractivity contribution in [2.75, 3.05) is 19.6 Å². The first kappa shape index (κ1) is 12.3. The molecule has 0 radical (unpaired) electrons. The molecule has 0 aliphatic carbocycles. The van der Waals surface area contributed by atoms with E-state index >= 15 is 0 Å². The van der Waals surface area contributed by atoms with Crippen molar-refractivity contribution in [3.63, 3.8) is 0 Å². The highest BCUT2D eigenvalue weighted by Crippen LogP contribution is 2.26. The SMILES string of the molecule is C[C@@H]1CN(CCC(F)(F)F)C[C@H]1C(=O)O. The van der Waals surface area contributed by atoms with E-state index in [9.17, 15) is 18.0 Å². The molecule has 0 bridgehead atoms. The molecule has 1 aliphatic heterocycles. The van der Waals surface area contributed by atoms with Crippen LogP contribution in [0, 0.1) is 11.8 Å². The zero-order chi connectivity index (χ0) is 11.6. The Morgan fingerprint density at radius 1 is 1.47 bits per heavy atom. The average Bonchev–Trinajstić information content (AvgIpc) is 2.42. The van der Waals surface area contributed by atoms with E-state index in [1.807, 2.05) is 0 Å². The number of rotatable bonds is 3. The number of nitrogens with zero attached hydrogens (tertiary/aromatic N) is 1. The van der Waals surface area contributed by atoms with Crippen LogP contribution >= 0.6 is 0 Å². The summed E-state index contributed by atoms with van der Waals surface area (Å²) >= 11 is 0. The molecule has 0 spiro atoms. The lowest BCUT2D eigenvalue weighted by Gasteiger charge is -2.16. The van der Waals surface area contributed by atoms with Crippen molar-refractivity contribution in [2.24, 2.45) is 11.8 Å². The van der Waals surface area contributed by atoms with Crippen molar-refractivity contribution in [3.8, 4) is 0 Å². The van der Waals surface area contributed by atoms with Gasteiger partial charge in [-0.1, -0.05) is 6.92 Å². The molecule has 1 saturated heterocycles. The minimum Gasteiger partial charge on any atom is -0.481 e. The molecule has 0 unspecified atom stereocenters. The number of hydrogen-bond acceptors (Lipinski definition) is 2. The van der Waals surface area contributed by atoms with Crippen LogP contribution in [0.3, 0.4) is 0 Å². The van der Waals surface area contributed by atoms with Crippen LogP contribution in [0.4, 0.5) is 13.2 Å². The highest BCUT2D eigenvalue weighted by atomic mass is 19.4. The van der Waals surface area contributed by atoms with E-state index in [1.165, 1.54) is 0 Å². The molecule has 1 N–H and O–H groups in total. The second kappa shape index (κ2) is 4.38. The largest absolute Gasteiger partial charge is 0.481 e. The van der Waals surface area contributed by atoms with Gasteiger partial charge in [-0.25, -0.2) is 0 Å². The molecule has 0 aromatic heterocycles. The predicted octanol–water partition coefficient (Wildman–Crippen LogP) is 1.59. The molecular weight excluding hydrogens is 211 g/mol. The lowest BCUT2D eigenvalue weighted by molar-refractivity contribution is -0.142. The van der Waals surface area contributed by atoms with E-state index in [-0.39, 0.29) is 19.0 Å². The Balaban J connectivity index is 2.39. The quantitative estimate of drug-likeness (QED) is 0.793. The summed E-state index contributed by atoms with van der Waals surface area (Å²) in [5.74, 6) is -1.52. The summed E-state index contributed by atoms with van der Waals surface area (Å²) < 4.78 is 35.8. The Bertz CT molecular complexity index is 242. The molecule has 0 saturated carbocycles. The number of carboxylic acid groups (broad SMARTS) is 1. The molecule has 15 heavy (non-hydrogen) atoms. The van der Waals surface area contributed by atoms with Crippen molar-refractivity contribution in [2.45, 2.75) is 19.5 Å². The van der Waals surface area contributed by atoms with Crippen molar-refractivity contribution in [3.05, 3.63) is 0 Å². The van der Waals surface area contributed by atoms with Gasteiger partial charge in [0.2, 0.25) is 0 Å². The second-order valence-electron chi connectivity index (χ2n) is 4.05. The molecule has 0 aromatic carbocycles. The number of carbonyl (C=O) groups is 1. The summed E-state index contributed by atoms with van der Waals surface area (Å²) in [7, 11) is 0. The van der Waals surface area contributed by atoms with Crippen LogP contribution in [0.1, 0.15) is 13.3 Å². The third-order valence-corrected chi connectivity index (χ3v) is 2.72. The number of carboxylic acids is 1. The van der Waals surface area contributed by atoms with Crippen LogP contribution in [-0.4, -0.2) is 41.8 Å². The van der Waals surface area contributed by atoms with Gasteiger partial charge >= 0.3 is 12.1 Å². The number of hydrogen-bond donors (Lipinski definition) is 1. The van der Waals surface area contributed by atoms with Gasteiger partial charge in [-0.05, 0) is 5.92 Å². The van der Waals surface area contributed by atoms with Crippen molar-refractivity contribution >= 4 is 5.97 Å². The molecular formula is C9H14F3NO2. The van der Waals surface area contributed by atoms with E-state index in [1.54, 1.807) is 11.8 Å². The molecule has 0 aromatic rings. The van der Waals surface area contributed by atoms with Crippen molar-refractivity contribution in [1.82, 2.24) is 4.90 Å². The summed E-state index contributed by atoms with van der Waals surface area (Å²) in [5.41, 5.74) is 0. The van der Waals surface area contributed by atoms with Crippen LogP contribution in [0.15, 0.2) is 0 Å². The molecule has 1 heterocycles. The zero-order valence-corrected chi connectivity index (χ0v) is 8.42. The Hall–Kier alpha value is -0.780. The highest BCUT2D eigenvalue weighted by molar-refractivity contribution is 5.71. The topological polar surface area (TPSA) is 40.5 Å². The Morgan fingerprint density at radius 2 is 2.07 bits per heavy atom. The van der Waals surface area contributed by atoms with Crippen molar-refractivity contribution in [1.29, 1.82) is 0 Å². The van der Waals surface area contributed by atoms with E-state index in [4.69, 9.17) is 5.11 Å². The Kier molecular flexibility index (Phi) is 3.59. The van der Waals surface area contributed by atoms with Gasteiger partial charge in [0.05, 0.1) is 12.3 Å². The fraction of sp³-hybridized carbons (Fsp3) is 0.889. The van der Waals surface area contributed by atoms with Crippen LogP contribution < -0.4 is 0 Å². The first-order chi connectivity index (χ1) is 6.79. The maximum atomic E-state index is 11.9. The predicted molar refractivity (Wildman–Crippen MR) is 47.4 cm³/mol. The third-order valence-electron chi connectivity index (χ3n) is 2.72. The standard InChI is InChI=1S/C9H14F3NO2/c1-6-4-13(3-2-9(10,11)12)5-7(6)8(14)15/h6-7H,2-5H2,1H3,(H,14,15)/t6-,7-/m1/s1. The number of halogens is 3. The van der Waals surface area contributed by atoms with Crippen LogP contribution in [-0.2, 0) is 4.79 Å². The van der Waals surface area contributed by atoms with Gasteiger partial charge in [0.1, 0.15) is 0 Å². The monoisotopic (exact) mass is 225 g/mol. The normalized spacial score (nSPS) is 28.3. The maximum absolute atomic E-state index is 11.9. The van der Waals surface area contributed by atoms with Gasteiger partial charge in [-0.3, -0.25) is 4.79 Å². The molecule has 2 atom stereocenters. The van der Waals surface area contributed by atoms with Gasteiger partial charge < -0.3 is 10.0 Å². The second-order valence-corrected chi connectivity index (χ2v) is 4.05. The number of likely N-dealkylation sites (tertiary alicyclic amines) is 1. The lowest BCUT2D eigenvalue weighted by Crippen LogP contribution is -2.27. The lowest BCUT2D eigenvalue weighted by atomic mass is 9.99. The van der Waals surface area contributed by atoms with E-state index in [0.717, 1.165) is 0 Å². The van der Waals surface area contributed by atoms with Crippen LogP contribution in [0.2, 0.25) is 0 Å². The Labute approximate surface area is 85.9 Å². The number of alkyl halides is 3. The molecule has 3 nitrogen and oxygen atoms in total. The highest BCUT2D eigenvalue weighted by Gasteiger charge is 2.36. The fourth-order valence-electron chi connectivity index (χ4n) is 1.86. The van der Waals surface area contributed by atoms with Gasteiger partial charge in [0.25, 0.3) is 0 Å². The summed E-state index contributed by atoms with van der Waals surface area (Å²) in [4.78, 5) is 12.3. The van der Waals surface area contributed by atoms with E-state index < -0.39 is 24.5 Å². The zero-order valence-electron chi connectivity index (χ0n) is 8.42. The summed E-state index contributed by atoms with van der Waals surface area (Å²) in [6.45, 7) is 2.32. The van der Waals surface area contributed by atoms with Gasteiger partial charge in [0, 0.05) is 19.6 Å². The number of aliphatic carboxylic acids is 1. The molecule has 0 amide bonds. The molecule has 88 valence electrons. The first-order valence-electron chi connectivity index (χ1n) is 4.81.